The van der Waals surface area contributed by atoms with Crippen LogP contribution in [0.25, 0.3) is 0 Å². The van der Waals surface area contributed by atoms with Crippen molar-refractivity contribution in [3.8, 4) is 0 Å². The van der Waals surface area contributed by atoms with E-state index in [1.165, 1.54) is 11.3 Å². The Bertz CT molecular complexity index is 105. The molecule has 0 bridgehead atoms. The van der Waals surface area contributed by atoms with Crippen LogP contribution >= 0.6 is 0 Å². The smallest absolute Gasteiger partial charge is 0.117 e. The highest BCUT2D eigenvalue weighted by Gasteiger charge is 1.75. The third-order valence-corrected chi connectivity index (χ3v) is 0.406. The first kappa shape index (κ1) is 6.97. The molecule has 46 valence electrons. The standard InChI is InChI=1S/C4H10N4/c1-4(5)7-3-8(2)6/h3H,1,5-6H2,2H3/b7-3-. The molecule has 0 amide bonds. The van der Waals surface area contributed by atoms with Gasteiger partial charge in [-0.3, -0.25) is 0 Å². The monoisotopic (exact) mass is 114 g/mol. The summed E-state index contributed by atoms with van der Waals surface area (Å²) in [6.07, 6.45) is 1.38. The third kappa shape index (κ3) is 4.97. The van der Waals surface area contributed by atoms with Crippen LogP contribution in [0.3, 0.4) is 0 Å². The first-order valence-corrected chi connectivity index (χ1v) is 2.09. The fourth-order valence-electron chi connectivity index (χ4n) is 0.165. The Morgan fingerprint density at radius 2 is 2.38 bits per heavy atom. The van der Waals surface area contributed by atoms with Gasteiger partial charge in [0, 0.05) is 7.05 Å². The van der Waals surface area contributed by atoms with Crippen LogP contribution in [0.5, 0.6) is 0 Å². The van der Waals surface area contributed by atoms with Crippen molar-refractivity contribution in [2.75, 3.05) is 7.05 Å². The Morgan fingerprint density at radius 1 is 1.88 bits per heavy atom. The van der Waals surface area contributed by atoms with Crippen LogP contribution in [-0.2, 0) is 0 Å². The summed E-state index contributed by atoms with van der Waals surface area (Å²) in [7, 11) is 1.65. The molecule has 8 heavy (non-hydrogen) atoms. The van der Waals surface area contributed by atoms with Crippen LogP contribution in [0.1, 0.15) is 0 Å². The molecular formula is C4H10N4. The Morgan fingerprint density at radius 3 is 2.50 bits per heavy atom. The van der Waals surface area contributed by atoms with Gasteiger partial charge in [0.2, 0.25) is 0 Å². The molecule has 0 radical (unpaired) electrons. The van der Waals surface area contributed by atoms with Crippen LogP contribution in [0.15, 0.2) is 17.4 Å². The summed E-state index contributed by atoms with van der Waals surface area (Å²) in [5.74, 6) is 5.38. The molecule has 0 saturated carbocycles. The van der Waals surface area contributed by atoms with Crippen molar-refractivity contribution in [3.63, 3.8) is 0 Å². The van der Waals surface area contributed by atoms with Gasteiger partial charge in [0.05, 0.1) is 0 Å². The van der Waals surface area contributed by atoms with E-state index in [0.29, 0.717) is 0 Å². The number of aliphatic imine (C=N–C) groups is 1. The van der Waals surface area contributed by atoms with Crippen LogP contribution < -0.4 is 11.6 Å². The van der Waals surface area contributed by atoms with Gasteiger partial charge in [-0.15, -0.1) is 0 Å². The molecule has 4 heteroatoms. The molecular weight excluding hydrogens is 104 g/mol. The summed E-state index contributed by atoms with van der Waals surface area (Å²) >= 11 is 0. The highest BCUT2D eigenvalue weighted by atomic mass is 15.4. The van der Waals surface area contributed by atoms with Crippen LogP contribution in [0.4, 0.5) is 0 Å². The lowest BCUT2D eigenvalue weighted by Gasteiger charge is -2.00. The van der Waals surface area contributed by atoms with Crippen LogP contribution in [0, 0.1) is 0 Å². The van der Waals surface area contributed by atoms with Crippen molar-refractivity contribution in [2.24, 2.45) is 16.6 Å². The van der Waals surface area contributed by atoms with Crippen LogP contribution in [-0.4, -0.2) is 18.4 Å². The number of rotatable bonds is 2. The van der Waals surface area contributed by atoms with Crippen molar-refractivity contribution >= 4 is 6.34 Å². The highest BCUT2D eigenvalue weighted by Crippen LogP contribution is 1.74. The maximum Gasteiger partial charge on any atom is 0.117 e. The van der Waals surface area contributed by atoms with Gasteiger partial charge >= 0.3 is 0 Å². The topological polar surface area (TPSA) is 67.6 Å². The highest BCUT2D eigenvalue weighted by molar-refractivity contribution is 5.54. The summed E-state index contributed by atoms with van der Waals surface area (Å²) in [5.41, 5.74) is 5.07. The number of nitrogens with two attached hydrogens (primary N) is 2. The van der Waals surface area contributed by atoms with Crippen molar-refractivity contribution in [3.05, 3.63) is 12.4 Å². The zero-order chi connectivity index (χ0) is 6.57. The fraction of sp³-hybridized carbons (Fsp3) is 0.250. The largest absolute Gasteiger partial charge is 0.384 e. The van der Waals surface area contributed by atoms with Gasteiger partial charge in [0.25, 0.3) is 0 Å². The van der Waals surface area contributed by atoms with E-state index < -0.39 is 0 Å². The summed E-state index contributed by atoms with van der Waals surface area (Å²) < 4.78 is 0. The van der Waals surface area contributed by atoms with E-state index in [1.54, 1.807) is 7.05 Å². The molecule has 0 aliphatic rings. The van der Waals surface area contributed by atoms with Gasteiger partial charge < -0.3 is 10.7 Å². The minimum Gasteiger partial charge on any atom is -0.384 e. The van der Waals surface area contributed by atoms with E-state index in [-0.39, 0.29) is 5.82 Å². The Kier molecular flexibility index (Phi) is 2.64. The Hall–Kier alpha value is -1.03. The maximum absolute atomic E-state index is 5.13. The second kappa shape index (κ2) is 3.04. The summed E-state index contributed by atoms with van der Waals surface area (Å²) in [6, 6.07) is 0. The molecule has 0 unspecified atom stereocenters. The molecule has 4 nitrogen and oxygen atoms in total. The normalized spacial score (nSPS) is 9.75. The Labute approximate surface area is 48.4 Å². The first-order valence-electron chi connectivity index (χ1n) is 2.09. The molecule has 0 aromatic carbocycles. The molecule has 0 saturated heterocycles. The van der Waals surface area contributed by atoms with E-state index in [9.17, 15) is 0 Å². The van der Waals surface area contributed by atoms with E-state index in [2.05, 4.69) is 11.6 Å². The van der Waals surface area contributed by atoms with Crippen molar-refractivity contribution in [1.82, 2.24) is 5.01 Å². The summed E-state index contributed by atoms with van der Waals surface area (Å²) in [6.45, 7) is 3.32. The number of hydrogen-bond acceptors (Lipinski definition) is 3. The molecule has 0 aromatic heterocycles. The lowest BCUT2D eigenvalue weighted by Crippen LogP contribution is -2.23. The van der Waals surface area contributed by atoms with Gasteiger partial charge in [-0.1, -0.05) is 6.58 Å². The van der Waals surface area contributed by atoms with Crippen molar-refractivity contribution in [1.29, 1.82) is 0 Å². The zero-order valence-corrected chi connectivity index (χ0v) is 4.83. The Balaban J connectivity index is 3.50. The second-order valence-electron chi connectivity index (χ2n) is 1.40. The molecule has 4 N–H and O–H groups in total. The maximum atomic E-state index is 5.13. The van der Waals surface area contributed by atoms with Crippen LogP contribution in [0.2, 0.25) is 0 Å². The molecule has 0 aromatic rings. The average molecular weight is 114 g/mol. The second-order valence-corrected chi connectivity index (χ2v) is 1.40. The molecule has 0 heterocycles. The first-order chi connectivity index (χ1) is 3.63. The van der Waals surface area contributed by atoms with Gasteiger partial charge in [0.1, 0.15) is 12.2 Å². The summed E-state index contributed by atoms with van der Waals surface area (Å²) in [4.78, 5) is 3.58. The number of nitrogens with zero attached hydrogens (tertiary/aromatic N) is 2. The van der Waals surface area contributed by atoms with E-state index in [1.807, 2.05) is 0 Å². The van der Waals surface area contributed by atoms with Crippen molar-refractivity contribution < 1.29 is 0 Å². The minimum atomic E-state index is 0.252. The predicted octanol–water partition coefficient (Wildman–Crippen LogP) is -0.750. The van der Waals surface area contributed by atoms with E-state index in [0.717, 1.165) is 0 Å². The van der Waals surface area contributed by atoms with E-state index in [4.69, 9.17) is 11.6 Å². The molecule has 0 atom stereocenters. The molecule has 0 fully saturated rings. The quantitative estimate of drug-likeness (QED) is 0.215. The summed E-state index contributed by atoms with van der Waals surface area (Å²) in [5, 5.41) is 1.29. The third-order valence-electron chi connectivity index (χ3n) is 0.406. The van der Waals surface area contributed by atoms with Gasteiger partial charge in [-0.05, 0) is 0 Å². The molecule has 0 spiro atoms. The predicted molar refractivity (Wildman–Crippen MR) is 33.8 cm³/mol. The fourth-order valence-corrected chi connectivity index (χ4v) is 0.165. The number of hydrogen-bond donors (Lipinski definition) is 2. The zero-order valence-electron chi connectivity index (χ0n) is 4.83. The van der Waals surface area contributed by atoms with Crippen molar-refractivity contribution in [2.45, 2.75) is 0 Å². The molecule has 0 rings (SSSR count). The lowest BCUT2D eigenvalue weighted by molar-refractivity contribution is 0.555. The van der Waals surface area contributed by atoms with E-state index >= 15 is 0 Å². The average Bonchev–Trinajstić information content (AvgIpc) is 1.61. The SMILES string of the molecule is C=C(N)/N=C\N(C)N. The van der Waals surface area contributed by atoms with Gasteiger partial charge in [0.15, 0.2) is 0 Å². The minimum absolute atomic E-state index is 0.252. The molecule has 0 aliphatic carbocycles. The number of hydrazine groups is 1. The lowest BCUT2D eigenvalue weighted by atomic mass is 10.8. The molecule has 0 aliphatic heterocycles. The van der Waals surface area contributed by atoms with Gasteiger partial charge in [-0.25, -0.2) is 10.8 Å². The van der Waals surface area contributed by atoms with Gasteiger partial charge in [-0.2, -0.15) is 0 Å².